The number of aliphatic hydroxyl groups excluding tert-OH is 1. The second-order valence-electron chi connectivity index (χ2n) is 4.29. The fourth-order valence-electron chi connectivity index (χ4n) is 2.26. The number of aliphatic hydroxyl groups is 1. The Labute approximate surface area is 90.9 Å². The number of ether oxygens (including phenoxy) is 1. The minimum atomic E-state index is -0.273. The molecule has 3 atom stereocenters. The van der Waals surface area contributed by atoms with Crippen LogP contribution in [0.15, 0.2) is 30.3 Å². The van der Waals surface area contributed by atoms with Crippen LogP contribution in [-0.4, -0.2) is 23.9 Å². The minimum Gasteiger partial charge on any atom is -0.392 e. The van der Waals surface area contributed by atoms with Crippen molar-refractivity contribution in [3.8, 4) is 0 Å². The molecule has 0 aromatic heterocycles. The summed E-state index contributed by atoms with van der Waals surface area (Å²) in [6.45, 7) is 2.84. The Kier molecular flexibility index (Phi) is 3.39. The summed E-state index contributed by atoms with van der Waals surface area (Å²) in [4.78, 5) is 0. The van der Waals surface area contributed by atoms with Crippen LogP contribution in [0.1, 0.15) is 18.9 Å². The van der Waals surface area contributed by atoms with Crippen LogP contribution in [-0.2, 0) is 11.2 Å². The molecule has 0 bridgehead atoms. The highest BCUT2D eigenvalue weighted by Crippen LogP contribution is 2.25. The van der Waals surface area contributed by atoms with Gasteiger partial charge in [-0.15, -0.1) is 0 Å². The normalized spacial score (nSPS) is 27.9. The van der Waals surface area contributed by atoms with Gasteiger partial charge in [0.05, 0.1) is 12.2 Å². The lowest BCUT2D eigenvalue weighted by atomic mass is 9.91. The molecule has 3 unspecified atom stereocenters. The molecule has 0 saturated carbocycles. The highest BCUT2D eigenvalue weighted by molar-refractivity contribution is 5.15. The Morgan fingerprint density at radius 2 is 2.13 bits per heavy atom. The summed E-state index contributed by atoms with van der Waals surface area (Å²) in [6, 6.07) is 10.1. The lowest BCUT2D eigenvalue weighted by molar-refractivity contribution is 0.0441. The van der Waals surface area contributed by atoms with Gasteiger partial charge in [-0.3, -0.25) is 0 Å². The minimum absolute atomic E-state index is 0.198. The van der Waals surface area contributed by atoms with Crippen LogP contribution in [0.25, 0.3) is 0 Å². The third kappa shape index (κ3) is 2.58. The van der Waals surface area contributed by atoms with E-state index in [9.17, 15) is 5.11 Å². The molecule has 1 aliphatic rings. The van der Waals surface area contributed by atoms with E-state index in [1.165, 1.54) is 5.56 Å². The van der Waals surface area contributed by atoms with E-state index in [4.69, 9.17) is 4.74 Å². The number of benzene rings is 1. The molecule has 15 heavy (non-hydrogen) atoms. The molecule has 0 amide bonds. The second-order valence-corrected chi connectivity index (χ2v) is 4.29. The van der Waals surface area contributed by atoms with E-state index >= 15 is 0 Å². The van der Waals surface area contributed by atoms with E-state index in [-0.39, 0.29) is 12.2 Å². The SMILES string of the molecule is CC1OCCC1C(O)Cc1ccccc1. The fraction of sp³-hybridized carbons (Fsp3) is 0.538. The van der Waals surface area contributed by atoms with Gasteiger partial charge in [0, 0.05) is 12.5 Å². The van der Waals surface area contributed by atoms with Crippen molar-refractivity contribution in [2.24, 2.45) is 5.92 Å². The summed E-state index contributed by atoms with van der Waals surface area (Å²) in [7, 11) is 0. The third-order valence-electron chi connectivity index (χ3n) is 3.22. The number of rotatable bonds is 3. The highest BCUT2D eigenvalue weighted by atomic mass is 16.5. The maximum atomic E-state index is 10.1. The molecule has 0 radical (unpaired) electrons. The first-order chi connectivity index (χ1) is 7.27. The topological polar surface area (TPSA) is 29.5 Å². The molecule has 1 N–H and O–H groups in total. The third-order valence-corrected chi connectivity index (χ3v) is 3.22. The van der Waals surface area contributed by atoms with Crippen molar-refractivity contribution >= 4 is 0 Å². The van der Waals surface area contributed by atoms with Gasteiger partial charge in [-0.2, -0.15) is 0 Å². The Bertz CT molecular complexity index is 297. The predicted molar refractivity (Wildman–Crippen MR) is 59.7 cm³/mol. The zero-order valence-electron chi connectivity index (χ0n) is 9.10. The van der Waals surface area contributed by atoms with Gasteiger partial charge < -0.3 is 9.84 Å². The molecule has 2 rings (SSSR count). The van der Waals surface area contributed by atoms with Crippen LogP contribution in [0, 0.1) is 5.92 Å². The maximum Gasteiger partial charge on any atom is 0.0634 e. The summed E-state index contributed by atoms with van der Waals surface area (Å²) in [6.07, 6.45) is 1.64. The summed E-state index contributed by atoms with van der Waals surface area (Å²) in [5, 5.41) is 10.1. The Hall–Kier alpha value is -0.860. The van der Waals surface area contributed by atoms with Crippen molar-refractivity contribution in [1.29, 1.82) is 0 Å². The molecular formula is C13H18O2. The first-order valence-corrected chi connectivity index (χ1v) is 5.61. The van der Waals surface area contributed by atoms with Crippen molar-refractivity contribution in [3.63, 3.8) is 0 Å². The first-order valence-electron chi connectivity index (χ1n) is 5.61. The summed E-state index contributed by atoms with van der Waals surface area (Å²) in [5.41, 5.74) is 1.20. The molecule has 0 spiro atoms. The lowest BCUT2D eigenvalue weighted by Gasteiger charge is -2.20. The molecule has 82 valence electrons. The van der Waals surface area contributed by atoms with Crippen LogP contribution in [0.3, 0.4) is 0 Å². The van der Waals surface area contributed by atoms with Crippen molar-refractivity contribution in [3.05, 3.63) is 35.9 Å². The van der Waals surface area contributed by atoms with Crippen molar-refractivity contribution < 1.29 is 9.84 Å². The molecular weight excluding hydrogens is 188 g/mol. The molecule has 1 saturated heterocycles. The molecule has 0 aliphatic carbocycles. The largest absolute Gasteiger partial charge is 0.392 e. The standard InChI is InChI=1S/C13H18O2/c1-10-12(7-8-15-10)13(14)9-11-5-3-2-4-6-11/h2-6,10,12-14H,7-9H2,1H3. The van der Waals surface area contributed by atoms with Gasteiger partial charge in [-0.25, -0.2) is 0 Å². The average Bonchev–Trinajstić information content (AvgIpc) is 2.66. The van der Waals surface area contributed by atoms with E-state index in [1.54, 1.807) is 0 Å². The van der Waals surface area contributed by atoms with Crippen molar-refractivity contribution in [2.75, 3.05) is 6.61 Å². The van der Waals surface area contributed by atoms with Crippen LogP contribution in [0.2, 0.25) is 0 Å². The Balaban J connectivity index is 1.94. The van der Waals surface area contributed by atoms with Crippen molar-refractivity contribution in [1.82, 2.24) is 0 Å². The number of hydrogen-bond donors (Lipinski definition) is 1. The van der Waals surface area contributed by atoms with Gasteiger partial charge in [0.15, 0.2) is 0 Å². The first kappa shape index (κ1) is 10.7. The number of hydrogen-bond acceptors (Lipinski definition) is 2. The van der Waals surface area contributed by atoms with Gasteiger partial charge in [-0.05, 0) is 25.3 Å². The second kappa shape index (κ2) is 4.77. The molecule has 1 aromatic carbocycles. The molecule has 1 fully saturated rings. The molecule has 2 heteroatoms. The zero-order valence-corrected chi connectivity index (χ0v) is 9.10. The van der Waals surface area contributed by atoms with Crippen LogP contribution in [0.5, 0.6) is 0 Å². The van der Waals surface area contributed by atoms with Gasteiger partial charge in [0.2, 0.25) is 0 Å². The predicted octanol–water partition coefficient (Wildman–Crippen LogP) is 2.01. The van der Waals surface area contributed by atoms with Crippen molar-refractivity contribution in [2.45, 2.75) is 32.0 Å². The fourth-order valence-corrected chi connectivity index (χ4v) is 2.26. The molecule has 2 nitrogen and oxygen atoms in total. The maximum absolute atomic E-state index is 10.1. The summed E-state index contributed by atoms with van der Waals surface area (Å²) < 4.78 is 5.46. The lowest BCUT2D eigenvalue weighted by Crippen LogP contribution is -2.28. The Morgan fingerprint density at radius 1 is 1.40 bits per heavy atom. The molecule has 1 heterocycles. The quantitative estimate of drug-likeness (QED) is 0.819. The molecule has 1 aliphatic heterocycles. The zero-order chi connectivity index (χ0) is 10.7. The van der Waals surface area contributed by atoms with Crippen LogP contribution in [0.4, 0.5) is 0 Å². The average molecular weight is 206 g/mol. The van der Waals surface area contributed by atoms with Crippen LogP contribution >= 0.6 is 0 Å². The van der Waals surface area contributed by atoms with Gasteiger partial charge in [0.1, 0.15) is 0 Å². The summed E-state index contributed by atoms with van der Waals surface area (Å²) >= 11 is 0. The van der Waals surface area contributed by atoms with E-state index in [2.05, 4.69) is 12.1 Å². The van der Waals surface area contributed by atoms with E-state index in [0.717, 1.165) is 19.4 Å². The highest BCUT2D eigenvalue weighted by Gasteiger charge is 2.30. The van der Waals surface area contributed by atoms with Gasteiger partial charge >= 0.3 is 0 Å². The molecule has 1 aromatic rings. The van der Waals surface area contributed by atoms with Gasteiger partial charge in [0.25, 0.3) is 0 Å². The smallest absolute Gasteiger partial charge is 0.0634 e. The summed E-state index contributed by atoms with van der Waals surface area (Å²) in [5.74, 6) is 0.296. The van der Waals surface area contributed by atoms with E-state index in [0.29, 0.717) is 5.92 Å². The van der Waals surface area contributed by atoms with Crippen LogP contribution < -0.4 is 0 Å². The Morgan fingerprint density at radius 3 is 2.73 bits per heavy atom. The van der Waals surface area contributed by atoms with E-state index < -0.39 is 0 Å². The van der Waals surface area contributed by atoms with E-state index in [1.807, 2.05) is 25.1 Å². The van der Waals surface area contributed by atoms with Gasteiger partial charge in [-0.1, -0.05) is 30.3 Å². The monoisotopic (exact) mass is 206 g/mol.